The van der Waals surface area contributed by atoms with Crippen molar-refractivity contribution in [2.75, 3.05) is 0 Å². The van der Waals surface area contributed by atoms with Crippen molar-refractivity contribution in [3.05, 3.63) is 53.3 Å². The van der Waals surface area contributed by atoms with Gasteiger partial charge in [0.1, 0.15) is 13.3 Å². The standard InChI is InChI=1S/C15H10F5N3/c16-7-10-2-1-9(5-11(10)8-17)12-6-13(15(18,19)20)23-14(22-12)3-4-21-23/h1-6H,7-8H2. The smallest absolute Gasteiger partial charge is 0.246 e. The van der Waals surface area contributed by atoms with E-state index in [1.54, 1.807) is 0 Å². The largest absolute Gasteiger partial charge is 0.433 e. The Labute approximate surface area is 127 Å². The van der Waals surface area contributed by atoms with Crippen LogP contribution in [0.4, 0.5) is 22.0 Å². The van der Waals surface area contributed by atoms with Gasteiger partial charge in [-0.05, 0) is 23.3 Å². The third-order valence-electron chi connectivity index (χ3n) is 3.44. The maximum atomic E-state index is 13.2. The molecule has 0 aliphatic heterocycles. The third kappa shape index (κ3) is 2.76. The predicted octanol–water partition coefficient (Wildman–Crippen LogP) is 4.35. The highest BCUT2D eigenvalue weighted by molar-refractivity contribution is 5.64. The number of aromatic nitrogens is 3. The van der Waals surface area contributed by atoms with E-state index in [2.05, 4.69) is 10.1 Å². The minimum Gasteiger partial charge on any atom is -0.246 e. The van der Waals surface area contributed by atoms with E-state index in [1.807, 2.05) is 0 Å². The zero-order valence-corrected chi connectivity index (χ0v) is 11.6. The second-order valence-electron chi connectivity index (χ2n) is 4.88. The maximum Gasteiger partial charge on any atom is 0.433 e. The lowest BCUT2D eigenvalue weighted by Gasteiger charge is -2.12. The molecule has 0 aliphatic rings. The Hall–Kier alpha value is -2.51. The molecule has 0 saturated carbocycles. The molecule has 0 saturated heterocycles. The summed E-state index contributed by atoms with van der Waals surface area (Å²) in [6.45, 7) is -1.75. The Morgan fingerprint density at radius 2 is 1.70 bits per heavy atom. The van der Waals surface area contributed by atoms with E-state index in [0.717, 1.165) is 6.07 Å². The molecule has 0 bridgehead atoms. The molecule has 23 heavy (non-hydrogen) atoms. The monoisotopic (exact) mass is 327 g/mol. The molecule has 3 rings (SSSR count). The second kappa shape index (κ2) is 5.60. The highest BCUT2D eigenvalue weighted by Gasteiger charge is 2.35. The highest BCUT2D eigenvalue weighted by Crippen LogP contribution is 2.32. The minimum absolute atomic E-state index is 0.0189. The van der Waals surface area contributed by atoms with E-state index in [-0.39, 0.29) is 28.0 Å². The maximum absolute atomic E-state index is 13.2. The van der Waals surface area contributed by atoms with Gasteiger partial charge in [0.25, 0.3) is 0 Å². The lowest BCUT2D eigenvalue weighted by molar-refractivity contribution is -0.142. The van der Waals surface area contributed by atoms with Crippen molar-refractivity contribution in [3.8, 4) is 11.3 Å². The number of rotatable bonds is 3. The van der Waals surface area contributed by atoms with Gasteiger partial charge in [-0.2, -0.15) is 18.3 Å². The fourth-order valence-electron chi connectivity index (χ4n) is 2.30. The van der Waals surface area contributed by atoms with E-state index in [1.165, 1.54) is 30.5 Å². The Morgan fingerprint density at radius 1 is 0.957 bits per heavy atom. The van der Waals surface area contributed by atoms with Gasteiger partial charge >= 0.3 is 6.18 Å². The summed E-state index contributed by atoms with van der Waals surface area (Å²) in [6, 6.07) is 6.25. The van der Waals surface area contributed by atoms with E-state index >= 15 is 0 Å². The molecule has 0 atom stereocenters. The van der Waals surface area contributed by atoms with Crippen molar-refractivity contribution in [2.24, 2.45) is 0 Å². The predicted molar refractivity (Wildman–Crippen MR) is 73.0 cm³/mol. The van der Waals surface area contributed by atoms with Gasteiger partial charge in [-0.15, -0.1) is 0 Å². The molecule has 0 N–H and O–H groups in total. The van der Waals surface area contributed by atoms with Crippen LogP contribution in [0.1, 0.15) is 16.8 Å². The third-order valence-corrected chi connectivity index (χ3v) is 3.44. The highest BCUT2D eigenvalue weighted by atomic mass is 19.4. The van der Waals surface area contributed by atoms with Crippen LogP contribution in [0, 0.1) is 0 Å². The van der Waals surface area contributed by atoms with Gasteiger partial charge in [0.05, 0.1) is 11.9 Å². The summed E-state index contributed by atoms with van der Waals surface area (Å²) in [4.78, 5) is 4.09. The Balaban J connectivity index is 2.20. The molecule has 0 radical (unpaired) electrons. The molecule has 2 aromatic heterocycles. The summed E-state index contributed by atoms with van der Waals surface area (Å²) in [5, 5.41) is 3.61. The summed E-state index contributed by atoms with van der Waals surface area (Å²) < 4.78 is 65.9. The van der Waals surface area contributed by atoms with Crippen molar-refractivity contribution < 1.29 is 22.0 Å². The summed E-state index contributed by atoms with van der Waals surface area (Å²) in [7, 11) is 0. The molecule has 1 aromatic carbocycles. The van der Waals surface area contributed by atoms with Crippen LogP contribution in [0.25, 0.3) is 16.9 Å². The number of benzene rings is 1. The SMILES string of the molecule is FCc1ccc(-c2cc(C(F)(F)F)n3nccc3n2)cc1CF. The molecule has 3 aromatic rings. The van der Waals surface area contributed by atoms with E-state index in [4.69, 9.17) is 0 Å². The van der Waals surface area contributed by atoms with Crippen LogP contribution < -0.4 is 0 Å². The number of hydrogen-bond acceptors (Lipinski definition) is 2. The topological polar surface area (TPSA) is 30.2 Å². The molecule has 2 heterocycles. The van der Waals surface area contributed by atoms with Crippen molar-refractivity contribution in [1.29, 1.82) is 0 Å². The number of fused-ring (bicyclic) bond motifs is 1. The first-order valence-corrected chi connectivity index (χ1v) is 6.60. The summed E-state index contributed by atoms with van der Waals surface area (Å²) in [6.07, 6.45) is -3.41. The molecular weight excluding hydrogens is 317 g/mol. The average molecular weight is 327 g/mol. The fourth-order valence-corrected chi connectivity index (χ4v) is 2.30. The van der Waals surface area contributed by atoms with Gasteiger partial charge in [0.2, 0.25) is 0 Å². The number of alkyl halides is 5. The van der Waals surface area contributed by atoms with E-state index in [9.17, 15) is 22.0 Å². The van der Waals surface area contributed by atoms with Crippen LogP contribution in [0.5, 0.6) is 0 Å². The zero-order valence-electron chi connectivity index (χ0n) is 11.6. The van der Waals surface area contributed by atoms with Crippen molar-refractivity contribution >= 4 is 5.65 Å². The van der Waals surface area contributed by atoms with Crippen molar-refractivity contribution in [3.63, 3.8) is 0 Å². The Kier molecular flexibility index (Phi) is 3.75. The molecule has 8 heteroatoms. The quantitative estimate of drug-likeness (QED) is 0.669. The van der Waals surface area contributed by atoms with Crippen molar-refractivity contribution in [2.45, 2.75) is 19.5 Å². The van der Waals surface area contributed by atoms with Crippen LogP contribution in [0.3, 0.4) is 0 Å². The van der Waals surface area contributed by atoms with E-state index in [0.29, 0.717) is 4.52 Å². The number of hydrogen-bond donors (Lipinski definition) is 0. The first-order chi connectivity index (χ1) is 10.9. The Bertz CT molecular complexity index is 854. The molecule has 3 nitrogen and oxygen atoms in total. The molecule has 0 fully saturated rings. The number of halogens is 5. The lowest BCUT2D eigenvalue weighted by Crippen LogP contribution is -2.13. The molecule has 0 spiro atoms. The van der Waals surface area contributed by atoms with Gasteiger partial charge in [-0.1, -0.05) is 12.1 Å². The fraction of sp³-hybridized carbons (Fsp3) is 0.200. The normalized spacial score (nSPS) is 12.0. The molecule has 0 aliphatic carbocycles. The van der Waals surface area contributed by atoms with Gasteiger partial charge in [0.15, 0.2) is 11.3 Å². The van der Waals surface area contributed by atoms with Crippen LogP contribution in [0.2, 0.25) is 0 Å². The number of nitrogens with zero attached hydrogens (tertiary/aromatic N) is 3. The summed E-state index contributed by atoms with van der Waals surface area (Å²) in [5.74, 6) is 0. The van der Waals surface area contributed by atoms with E-state index < -0.39 is 25.2 Å². The van der Waals surface area contributed by atoms with Gasteiger partial charge in [-0.25, -0.2) is 18.3 Å². The van der Waals surface area contributed by atoms with Gasteiger partial charge < -0.3 is 0 Å². The van der Waals surface area contributed by atoms with Crippen LogP contribution >= 0.6 is 0 Å². The Morgan fingerprint density at radius 3 is 2.35 bits per heavy atom. The summed E-state index contributed by atoms with van der Waals surface area (Å²) >= 11 is 0. The van der Waals surface area contributed by atoms with Crippen molar-refractivity contribution in [1.82, 2.24) is 14.6 Å². The average Bonchev–Trinajstić information content (AvgIpc) is 3.00. The van der Waals surface area contributed by atoms with Gasteiger partial charge in [-0.3, -0.25) is 0 Å². The molecule has 120 valence electrons. The van der Waals surface area contributed by atoms with Crippen LogP contribution in [-0.2, 0) is 19.5 Å². The summed E-state index contributed by atoms with van der Waals surface area (Å²) in [5.41, 5.74) is -0.411. The first kappa shape index (κ1) is 15.4. The minimum atomic E-state index is -4.62. The van der Waals surface area contributed by atoms with Crippen LogP contribution in [0.15, 0.2) is 36.5 Å². The lowest BCUT2D eigenvalue weighted by atomic mass is 10.0. The van der Waals surface area contributed by atoms with Gasteiger partial charge in [0, 0.05) is 11.6 Å². The molecule has 0 amide bonds. The molecule has 0 unspecified atom stereocenters. The molecular formula is C15H10F5N3. The van der Waals surface area contributed by atoms with Crippen LogP contribution in [-0.4, -0.2) is 14.6 Å². The first-order valence-electron chi connectivity index (χ1n) is 6.60. The second-order valence-corrected chi connectivity index (χ2v) is 4.88. The zero-order chi connectivity index (χ0) is 16.6.